The van der Waals surface area contributed by atoms with E-state index in [4.69, 9.17) is 9.72 Å². The molecule has 0 atom stereocenters. The number of H-pyrrole nitrogens is 1. The minimum atomic E-state index is -0.227. The van der Waals surface area contributed by atoms with Gasteiger partial charge in [0.2, 0.25) is 0 Å². The van der Waals surface area contributed by atoms with Crippen molar-refractivity contribution in [2.75, 3.05) is 26.3 Å². The lowest BCUT2D eigenvalue weighted by atomic mass is 9.83. The van der Waals surface area contributed by atoms with Gasteiger partial charge in [0.25, 0.3) is 0 Å². The number of piperidine rings is 1. The Labute approximate surface area is 158 Å². The average Bonchev–Trinajstić information content (AvgIpc) is 3.10. The molecule has 3 aromatic rings. The van der Waals surface area contributed by atoms with Crippen molar-refractivity contribution in [2.45, 2.75) is 19.4 Å². The summed E-state index contributed by atoms with van der Waals surface area (Å²) in [6, 6.07) is 11.1. The molecule has 5 rings (SSSR count). The van der Waals surface area contributed by atoms with E-state index in [0.29, 0.717) is 11.3 Å². The van der Waals surface area contributed by atoms with Crippen LogP contribution in [0.15, 0.2) is 42.6 Å². The maximum absolute atomic E-state index is 14.6. The highest BCUT2D eigenvalue weighted by atomic mass is 19.1. The fourth-order valence-corrected chi connectivity index (χ4v) is 4.41. The molecule has 4 heterocycles. The summed E-state index contributed by atoms with van der Waals surface area (Å²) in [5, 5.41) is 0.878. The van der Waals surface area contributed by atoms with Crippen molar-refractivity contribution in [3.05, 3.63) is 54.1 Å². The number of hydrogen-bond acceptors (Lipinski definition) is 3. The highest BCUT2D eigenvalue weighted by Crippen LogP contribution is 2.32. The molecule has 0 unspecified atom stereocenters. The molecule has 4 nitrogen and oxygen atoms in total. The average molecular weight is 365 g/mol. The summed E-state index contributed by atoms with van der Waals surface area (Å²) >= 11 is 0. The molecule has 2 saturated heterocycles. The monoisotopic (exact) mass is 365 g/mol. The molecule has 2 aromatic heterocycles. The first-order valence-electron chi connectivity index (χ1n) is 9.80. The van der Waals surface area contributed by atoms with Crippen molar-refractivity contribution in [3.8, 4) is 11.3 Å². The van der Waals surface area contributed by atoms with Crippen LogP contribution >= 0.6 is 0 Å². The smallest absolute Gasteiger partial charge is 0.133 e. The van der Waals surface area contributed by atoms with Gasteiger partial charge < -0.3 is 9.72 Å². The van der Waals surface area contributed by atoms with Gasteiger partial charge in [-0.1, -0.05) is 6.07 Å². The van der Waals surface area contributed by atoms with Crippen LogP contribution in [0.5, 0.6) is 0 Å². The van der Waals surface area contributed by atoms with E-state index in [1.807, 2.05) is 30.5 Å². The van der Waals surface area contributed by atoms with Crippen LogP contribution in [0.1, 0.15) is 18.5 Å². The summed E-state index contributed by atoms with van der Waals surface area (Å²) in [6.45, 7) is 4.94. The Morgan fingerprint density at radius 3 is 2.70 bits per heavy atom. The molecule has 0 radical (unpaired) electrons. The Morgan fingerprint density at radius 2 is 1.93 bits per heavy atom. The zero-order valence-corrected chi connectivity index (χ0v) is 15.3. The van der Waals surface area contributed by atoms with Crippen molar-refractivity contribution < 1.29 is 9.13 Å². The van der Waals surface area contributed by atoms with E-state index < -0.39 is 0 Å². The molecule has 1 N–H and O–H groups in total. The number of aromatic amines is 1. The van der Waals surface area contributed by atoms with Crippen LogP contribution in [0.25, 0.3) is 22.2 Å². The third kappa shape index (κ3) is 3.26. The second-order valence-corrected chi connectivity index (χ2v) is 7.79. The zero-order valence-electron chi connectivity index (χ0n) is 15.3. The SMILES string of the molecule is Fc1ccc2[nH]ccc2c1-c1cccc(CN2CCC(C3COC3)CC2)n1. The van der Waals surface area contributed by atoms with E-state index in [1.165, 1.54) is 18.9 Å². The third-order valence-electron chi connectivity index (χ3n) is 6.09. The minimum Gasteiger partial charge on any atom is -0.381 e. The Hall–Kier alpha value is -2.24. The highest BCUT2D eigenvalue weighted by Gasteiger charge is 2.31. The summed E-state index contributed by atoms with van der Waals surface area (Å²) in [5.74, 6) is 1.36. The van der Waals surface area contributed by atoms with Crippen molar-refractivity contribution in [1.29, 1.82) is 0 Å². The van der Waals surface area contributed by atoms with Crippen molar-refractivity contribution >= 4 is 10.9 Å². The predicted molar refractivity (Wildman–Crippen MR) is 104 cm³/mol. The van der Waals surface area contributed by atoms with E-state index in [9.17, 15) is 4.39 Å². The molecule has 27 heavy (non-hydrogen) atoms. The number of halogens is 1. The maximum atomic E-state index is 14.6. The molecule has 2 aliphatic rings. The van der Waals surface area contributed by atoms with Gasteiger partial charge in [0, 0.05) is 35.1 Å². The summed E-state index contributed by atoms with van der Waals surface area (Å²) in [6.07, 6.45) is 4.32. The summed E-state index contributed by atoms with van der Waals surface area (Å²) in [4.78, 5) is 10.4. The van der Waals surface area contributed by atoms with Crippen molar-refractivity contribution in [3.63, 3.8) is 0 Å². The molecular weight excluding hydrogens is 341 g/mol. The normalized spacial score (nSPS) is 19.4. The number of fused-ring (bicyclic) bond motifs is 1. The maximum Gasteiger partial charge on any atom is 0.133 e. The standard InChI is InChI=1S/C22H24FN3O/c23-19-4-5-20-18(6-9-24-20)22(19)21-3-1-2-17(25-21)12-26-10-7-15(8-11-26)16-13-27-14-16/h1-6,9,15-16,24H,7-8,10-14H2. The number of nitrogens with zero attached hydrogens (tertiary/aromatic N) is 2. The number of rotatable bonds is 4. The van der Waals surface area contributed by atoms with Gasteiger partial charge in [-0.25, -0.2) is 4.39 Å². The van der Waals surface area contributed by atoms with Crippen LogP contribution in [-0.2, 0) is 11.3 Å². The van der Waals surface area contributed by atoms with Crippen LogP contribution in [0.3, 0.4) is 0 Å². The first-order chi connectivity index (χ1) is 13.3. The van der Waals surface area contributed by atoms with Gasteiger partial charge in [-0.2, -0.15) is 0 Å². The van der Waals surface area contributed by atoms with Gasteiger partial charge in [0.15, 0.2) is 0 Å². The molecule has 140 valence electrons. The topological polar surface area (TPSA) is 41.2 Å². The quantitative estimate of drug-likeness (QED) is 0.752. The highest BCUT2D eigenvalue weighted by molar-refractivity contribution is 5.94. The molecule has 0 amide bonds. The molecule has 0 saturated carbocycles. The number of nitrogens with one attached hydrogen (secondary N) is 1. The summed E-state index contributed by atoms with van der Waals surface area (Å²) in [5.41, 5.74) is 3.22. The largest absolute Gasteiger partial charge is 0.381 e. The lowest BCUT2D eigenvalue weighted by Gasteiger charge is -2.39. The molecule has 5 heteroatoms. The van der Waals surface area contributed by atoms with Gasteiger partial charge in [0.1, 0.15) is 5.82 Å². The van der Waals surface area contributed by atoms with E-state index in [-0.39, 0.29) is 5.82 Å². The molecule has 1 aromatic carbocycles. The van der Waals surface area contributed by atoms with Gasteiger partial charge >= 0.3 is 0 Å². The number of benzene rings is 1. The van der Waals surface area contributed by atoms with Crippen LogP contribution < -0.4 is 0 Å². The van der Waals surface area contributed by atoms with Crippen LogP contribution in [0, 0.1) is 17.7 Å². The Morgan fingerprint density at radius 1 is 1.07 bits per heavy atom. The Bertz CT molecular complexity index is 942. The van der Waals surface area contributed by atoms with E-state index in [1.54, 1.807) is 6.07 Å². The molecule has 2 fully saturated rings. The first kappa shape index (κ1) is 16.9. The molecular formula is C22H24FN3O. The number of hydrogen-bond donors (Lipinski definition) is 1. The van der Waals surface area contributed by atoms with Gasteiger partial charge in [0.05, 0.1) is 24.6 Å². The second-order valence-electron chi connectivity index (χ2n) is 7.79. The number of pyridine rings is 1. The lowest BCUT2D eigenvalue weighted by Crippen LogP contribution is -2.41. The Balaban J connectivity index is 1.34. The molecule has 0 bridgehead atoms. The fraction of sp³-hybridized carbons (Fsp3) is 0.409. The van der Waals surface area contributed by atoms with E-state index in [0.717, 1.165) is 61.3 Å². The number of ether oxygens (including phenoxy) is 1. The minimum absolute atomic E-state index is 0.227. The van der Waals surface area contributed by atoms with Gasteiger partial charge in [-0.3, -0.25) is 9.88 Å². The zero-order chi connectivity index (χ0) is 18.2. The van der Waals surface area contributed by atoms with Crippen LogP contribution in [-0.4, -0.2) is 41.2 Å². The van der Waals surface area contributed by atoms with E-state index in [2.05, 4.69) is 9.88 Å². The first-order valence-corrected chi connectivity index (χ1v) is 9.80. The molecule has 0 aliphatic carbocycles. The fourth-order valence-electron chi connectivity index (χ4n) is 4.41. The van der Waals surface area contributed by atoms with Crippen molar-refractivity contribution in [2.24, 2.45) is 11.8 Å². The second kappa shape index (κ2) is 7.06. The van der Waals surface area contributed by atoms with Crippen LogP contribution in [0.2, 0.25) is 0 Å². The molecule has 0 spiro atoms. The summed E-state index contributed by atoms with van der Waals surface area (Å²) in [7, 11) is 0. The van der Waals surface area contributed by atoms with Gasteiger partial charge in [-0.15, -0.1) is 0 Å². The van der Waals surface area contributed by atoms with Gasteiger partial charge in [-0.05, 0) is 62.2 Å². The summed E-state index contributed by atoms with van der Waals surface area (Å²) < 4.78 is 19.9. The predicted octanol–water partition coefficient (Wildman–Crippen LogP) is 4.23. The van der Waals surface area contributed by atoms with E-state index >= 15 is 0 Å². The number of aromatic nitrogens is 2. The number of likely N-dealkylation sites (tertiary alicyclic amines) is 1. The third-order valence-corrected chi connectivity index (χ3v) is 6.09. The Kier molecular flexibility index (Phi) is 4.42. The van der Waals surface area contributed by atoms with Crippen LogP contribution in [0.4, 0.5) is 4.39 Å². The molecule has 2 aliphatic heterocycles. The lowest BCUT2D eigenvalue weighted by molar-refractivity contribution is -0.0726. The van der Waals surface area contributed by atoms with Crippen molar-refractivity contribution in [1.82, 2.24) is 14.9 Å².